The van der Waals surface area contributed by atoms with Crippen LogP contribution in [0.4, 0.5) is 4.79 Å². The lowest BCUT2D eigenvalue weighted by molar-refractivity contribution is -0.126. The Morgan fingerprint density at radius 1 is 1.33 bits per heavy atom. The van der Waals surface area contributed by atoms with Crippen LogP contribution in [0.1, 0.15) is 53.9 Å². The second-order valence-corrected chi connectivity index (χ2v) is 7.24. The number of carbonyl (C=O) groups is 2. The number of rotatable bonds is 4. The zero-order chi connectivity index (χ0) is 16.0. The molecule has 122 valence electrons. The maximum absolute atomic E-state index is 12.1. The fourth-order valence-electron chi connectivity index (χ4n) is 2.31. The van der Waals surface area contributed by atoms with Crippen LogP contribution >= 0.6 is 0 Å². The largest absolute Gasteiger partial charge is 0.444 e. The van der Waals surface area contributed by atoms with Gasteiger partial charge in [0.05, 0.1) is 5.92 Å². The second-order valence-electron chi connectivity index (χ2n) is 7.24. The average molecular weight is 298 g/mol. The number of hydrogen-bond donors (Lipinski definition) is 1. The summed E-state index contributed by atoms with van der Waals surface area (Å²) in [7, 11) is 0. The van der Waals surface area contributed by atoms with Crippen molar-refractivity contribution in [2.45, 2.75) is 59.5 Å². The number of nitrogens with one attached hydrogen (secondary N) is 1. The molecule has 1 fully saturated rings. The molecular formula is C16H30N2O3. The zero-order valence-electron chi connectivity index (χ0n) is 14.1. The minimum absolute atomic E-state index is 0.0592. The van der Waals surface area contributed by atoms with Crippen molar-refractivity contribution in [1.82, 2.24) is 10.2 Å². The van der Waals surface area contributed by atoms with Crippen molar-refractivity contribution in [3.05, 3.63) is 0 Å². The molecule has 21 heavy (non-hydrogen) atoms. The Bertz CT molecular complexity index is 361. The van der Waals surface area contributed by atoms with E-state index in [9.17, 15) is 9.59 Å². The summed E-state index contributed by atoms with van der Waals surface area (Å²) in [5.41, 5.74) is -0.496. The SMILES string of the molecule is CC(C)CCNC(=O)[C@@H]1CCCN(C(=O)OC(C)(C)C)C1. The molecule has 1 heterocycles. The average Bonchev–Trinajstić information content (AvgIpc) is 2.36. The van der Waals surface area contributed by atoms with E-state index in [-0.39, 0.29) is 17.9 Å². The number of likely N-dealkylation sites (tertiary alicyclic amines) is 1. The summed E-state index contributed by atoms with van der Waals surface area (Å²) in [6.07, 6.45) is 2.35. The molecule has 2 amide bonds. The minimum atomic E-state index is -0.496. The molecule has 0 spiro atoms. The second kappa shape index (κ2) is 7.66. The molecule has 5 nitrogen and oxygen atoms in total. The summed E-state index contributed by atoms with van der Waals surface area (Å²) in [6.45, 7) is 11.7. The summed E-state index contributed by atoms with van der Waals surface area (Å²) in [5.74, 6) is 0.525. The summed E-state index contributed by atoms with van der Waals surface area (Å²) in [4.78, 5) is 25.9. The fraction of sp³-hybridized carbons (Fsp3) is 0.875. The molecule has 0 aromatic carbocycles. The van der Waals surface area contributed by atoms with Gasteiger partial charge in [-0.1, -0.05) is 13.8 Å². The van der Waals surface area contributed by atoms with Crippen molar-refractivity contribution in [2.75, 3.05) is 19.6 Å². The van der Waals surface area contributed by atoms with Crippen molar-refractivity contribution in [2.24, 2.45) is 11.8 Å². The van der Waals surface area contributed by atoms with Gasteiger partial charge in [-0.05, 0) is 46.0 Å². The van der Waals surface area contributed by atoms with Gasteiger partial charge in [-0.15, -0.1) is 0 Å². The maximum atomic E-state index is 12.1. The highest BCUT2D eigenvalue weighted by atomic mass is 16.6. The first kappa shape index (κ1) is 17.8. The van der Waals surface area contributed by atoms with Crippen LogP contribution in [0, 0.1) is 11.8 Å². The molecule has 1 aliphatic heterocycles. The molecule has 1 N–H and O–H groups in total. The third-order valence-corrected chi connectivity index (χ3v) is 3.46. The molecule has 0 radical (unpaired) electrons. The van der Waals surface area contributed by atoms with E-state index in [1.807, 2.05) is 20.8 Å². The summed E-state index contributed by atoms with van der Waals surface area (Å²) in [5, 5.41) is 2.97. The highest BCUT2D eigenvalue weighted by Crippen LogP contribution is 2.19. The maximum Gasteiger partial charge on any atom is 0.410 e. The Hall–Kier alpha value is -1.26. The van der Waals surface area contributed by atoms with Gasteiger partial charge in [0.2, 0.25) is 5.91 Å². The lowest BCUT2D eigenvalue weighted by Gasteiger charge is -2.33. The fourth-order valence-corrected chi connectivity index (χ4v) is 2.31. The van der Waals surface area contributed by atoms with E-state index in [2.05, 4.69) is 19.2 Å². The van der Waals surface area contributed by atoms with Gasteiger partial charge in [-0.25, -0.2) is 4.79 Å². The first-order chi connectivity index (χ1) is 9.69. The van der Waals surface area contributed by atoms with Crippen LogP contribution in [0.2, 0.25) is 0 Å². The first-order valence-electron chi connectivity index (χ1n) is 7.94. The van der Waals surface area contributed by atoms with Gasteiger partial charge in [0.25, 0.3) is 0 Å². The van der Waals surface area contributed by atoms with Crippen LogP contribution in [-0.2, 0) is 9.53 Å². The third kappa shape index (κ3) is 6.82. The van der Waals surface area contributed by atoms with E-state index in [0.29, 0.717) is 25.6 Å². The molecule has 0 unspecified atom stereocenters. The molecule has 1 aliphatic rings. The van der Waals surface area contributed by atoms with Crippen molar-refractivity contribution < 1.29 is 14.3 Å². The van der Waals surface area contributed by atoms with Gasteiger partial charge in [-0.2, -0.15) is 0 Å². The molecule has 5 heteroatoms. The quantitative estimate of drug-likeness (QED) is 0.868. The predicted molar refractivity (Wildman–Crippen MR) is 83.0 cm³/mol. The number of ether oxygens (including phenoxy) is 1. The van der Waals surface area contributed by atoms with E-state index in [0.717, 1.165) is 19.3 Å². The molecule has 1 saturated heterocycles. The van der Waals surface area contributed by atoms with Crippen LogP contribution in [0.25, 0.3) is 0 Å². The topological polar surface area (TPSA) is 58.6 Å². The van der Waals surface area contributed by atoms with Crippen LogP contribution < -0.4 is 5.32 Å². The molecule has 0 aliphatic carbocycles. The third-order valence-electron chi connectivity index (χ3n) is 3.46. The van der Waals surface area contributed by atoms with Crippen molar-refractivity contribution in [1.29, 1.82) is 0 Å². The van der Waals surface area contributed by atoms with Gasteiger partial charge in [-0.3, -0.25) is 4.79 Å². The van der Waals surface area contributed by atoms with Crippen molar-refractivity contribution >= 4 is 12.0 Å². The lowest BCUT2D eigenvalue weighted by atomic mass is 9.97. The zero-order valence-corrected chi connectivity index (χ0v) is 14.1. The van der Waals surface area contributed by atoms with E-state index >= 15 is 0 Å². The molecular weight excluding hydrogens is 268 g/mol. The highest BCUT2D eigenvalue weighted by Gasteiger charge is 2.30. The number of nitrogens with zero attached hydrogens (tertiary/aromatic N) is 1. The summed E-state index contributed by atoms with van der Waals surface area (Å²) < 4.78 is 5.37. The van der Waals surface area contributed by atoms with Crippen LogP contribution in [0.5, 0.6) is 0 Å². The van der Waals surface area contributed by atoms with Crippen molar-refractivity contribution in [3.63, 3.8) is 0 Å². The molecule has 0 aromatic heterocycles. The van der Waals surface area contributed by atoms with E-state index in [4.69, 9.17) is 4.74 Å². The smallest absolute Gasteiger partial charge is 0.410 e. The van der Waals surface area contributed by atoms with Crippen LogP contribution in [0.3, 0.4) is 0 Å². The number of carbonyl (C=O) groups excluding carboxylic acids is 2. The number of amides is 2. The summed E-state index contributed by atoms with van der Waals surface area (Å²) >= 11 is 0. The molecule has 1 atom stereocenters. The van der Waals surface area contributed by atoms with Gasteiger partial charge in [0.1, 0.15) is 5.60 Å². The molecule has 0 bridgehead atoms. The van der Waals surface area contributed by atoms with E-state index < -0.39 is 5.60 Å². The van der Waals surface area contributed by atoms with Gasteiger partial charge in [0, 0.05) is 19.6 Å². The van der Waals surface area contributed by atoms with Gasteiger partial charge < -0.3 is 15.0 Å². The Morgan fingerprint density at radius 2 is 2.00 bits per heavy atom. The Balaban J connectivity index is 2.44. The van der Waals surface area contributed by atoms with Crippen LogP contribution in [-0.4, -0.2) is 42.1 Å². The van der Waals surface area contributed by atoms with Crippen molar-refractivity contribution in [3.8, 4) is 0 Å². The minimum Gasteiger partial charge on any atom is -0.444 e. The Labute approximate surface area is 128 Å². The number of hydrogen-bond acceptors (Lipinski definition) is 3. The summed E-state index contributed by atoms with van der Waals surface area (Å²) in [6, 6.07) is 0. The predicted octanol–water partition coefficient (Wildman–Crippen LogP) is 2.80. The number of piperidine rings is 1. The Morgan fingerprint density at radius 3 is 2.57 bits per heavy atom. The first-order valence-corrected chi connectivity index (χ1v) is 7.94. The van der Waals surface area contributed by atoms with E-state index in [1.165, 1.54) is 0 Å². The van der Waals surface area contributed by atoms with E-state index in [1.54, 1.807) is 4.90 Å². The highest BCUT2D eigenvalue weighted by molar-refractivity contribution is 5.80. The lowest BCUT2D eigenvalue weighted by Crippen LogP contribution is -2.47. The molecule has 1 rings (SSSR count). The van der Waals surface area contributed by atoms with Gasteiger partial charge in [0.15, 0.2) is 0 Å². The Kier molecular flexibility index (Phi) is 6.49. The molecule has 0 aromatic rings. The standard InChI is InChI=1S/C16H30N2O3/c1-12(2)8-9-17-14(19)13-7-6-10-18(11-13)15(20)21-16(3,4)5/h12-13H,6-11H2,1-5H3,(H,17,19)/t13-/m1/s1. The monoisotopic (exact) mass is 298 g/mol. The molecule has 0 saturated carbocycles. The normalized spacial score (nSPS) is 19.5. The van der Waals surface area contributed by atoms with Crippen LogP contribution in [0.15, 0.2) is 0 Å². The van der Waals surface area contributed by atoms with Gasteiger partial charge >= 0.3 is 6.09 Å².